The number of amides is 1. The van der Waals surface area contributed by atoms with Crippen LogP contribution in [-0.2, 0) is 20.7 Å². The first kappa shape index (κ1) is 20.8. The molecule has 0 aliphatic heterocycles. The monoisotopic (exact) mass is 430 g/mol. The number of fused-ring (bicyclic) bond motifs is 1. The minimum atomic E-state index is -1.01. The van der Waals surface area contributed by atoms with Gasteiger partial charge < -0.3 is 10.1 Å². The third kappa shape index (κ3) is 4.38. The predicted molar refractivity (Wildman–Crippen MR) is 109 cm³/mol. The molecule has 3 heterocycles. The van der Waals surface area contributed by atoms with E-state index in [4.69, 9.17) is 10.00 Å². The van der Waals surface area contributed by atoms with Gasteiger partial charge in [-0.1, -0.05) is 11.8 Å². The van der Waals surface area contributed by atoms with Crippen LogP contribution in [0.4, 0.5) is 5.00 Å². The van der Waals surface area contributed by atoms with E-state index in [1.807, 2.05) is 19.2 Å². The second kappa shape index (κ2) is 8.59. The first-order valence-corrected chi connectivity index (χ1v) is 10.7. The van der Waals surface area contributed by atoms with Crippen molar-refractivity contribution in [2.45, 2.75) is 38.5 Å². The number of aryl methyl sites for hydroxylation is 2. The van der Waals surface area contributed by atoms with Crippen LogP contribution in [-0.4, -0.2) is 43.8 Å². The first-order chi connectivity index (χ1) is 13.8. The normalized spacial score (nSPS) is 11.8. The number of nitrogens with one attached hydrogen (secondary N) is 1. The van der Waals surface area contributed by atoms with Crippen molar-refractivity contribution in [3.63, 3.8) is 0 Å². The number of nitrogens with zero attached hydrogens (tertiary/aromatic N) is 5. The number of esters is 1. The molecular weight excluding hydrogens is 412 g/mol. The van der Waals surface area contributed by atoms with Crippen molar-refractivity contribution in [1.82, 2.24) is 19.6 Å². The molecule has 0 bridgehead atoms. The lowest BCUT2D eigenvalue weighted by Crippen LogP contribution is -2.30. The minimum Gasteiger partial charge on any atom is -0.452 e. The van der Waals surface area contributed by atoms with Crippen LogP contribution in [0.2, 0.25) is 0 Å². The van der Waals surface area contributed by atoms with Crippen LogP contribution in [0.25, 0.3) is 5.78 Å². The van der Waals surface area contributed by atoms with Gasteiger partial charge in [0.25, 0.3) is 11.7 Å². The van der Waals surface area contributed by atoms with Crippen molar-refractivity contribution < 1.29 is 14.3 Å². The highest BCUT2D eigenvalue weighted by Gasteiger charge is 2.22. The molecule has 0 aliphatic carbocycles. The SMILES string of the molecule is CSc1nc2nc(C)c(CC(=O)OC(C)C(=O)Nc3sccc3C#N)c(C)n2n1. The summed E-state index contributed by atoms with van der Waals surface area (Å²) in [4.78, 5) is 33.4. The number of anilines is 1. The Labute approximate surface area is 175 Å². The molecule has 3 aromatic rings. The number of nitriles is 1. The molecule has 1 unspecified atom stereocenters. The third-order valence-corrected chi connectivity index (χ3v) is 5.60. The van der Waals surface area contributed by atoms with E-state index in [9.17, 15) is 9.59 Å². The van der Waals surface area contributed by atoms with Crippen LogP contribution in [0.3, 0.4) is 0 Å². The molecule has 0 radical (unpaired) electrons. The zero-order valence-corrected chi connectivity index (χ0v) is 17.8. The van der Waals surface area contributed by atoms with Gasteiger partial charge in [0.2, 0.25) is 5.16 Å². The fourth-order valence-electron chi connectivity index (χ4n) is 2.68. The van der Waals surface area contributed by atoms with Gasteiger partial charge in [-0.2, -0.15) is 10.2 Å². The lowest BCUT2D eigenvalue weighted by atomic mass is 10.1. The molecule has 0 aromatic carbocycles. The summed E-state index contributed by atoms with van der Waals surface area (Å²) in [6, 6.07) is 3.60. The van der Waals surface area contributed by atoms with Gasteiger partial charge in [0.05, 0.1) is 12.0 Å². The van der Waals surface area contributed by atoms with Gasteiger partial charge in [0, 0.05) is 17.0 Å². The highest BCUT2D eigenvalue weighted by molar-refractivity contribution is 7.98. The fourth-order valence-corrected chi connectivity index (χ4v) is 3.75. The zero-order chi connectivity index (χ0) is 21.1. The summed E-state index contributed by atoms with van der Waals surface area (Å²) < 4.78 is 6.88. The van der Waals surface area contributed by atoms with E-state index in [1.165, 1.54) is 30.0 Å². The van der Waals surface area contributed by atoms with Gasteiger partial charge in [0.1, 0.15) is 11.1 Å². The van der Waals surface area contributed by atoms with Crippen molar-refractivity contribution in [2.75, 3.05) is 11.6 Å². The van der Waals surface area contributed by atoms with Gasteiger partial charge in [-0.15, -0.1) is 16.4 Å². The van der Waals surface area contributed by atoms with Crippen LogP contribution in [0.15, 0.2) is 16.6 Å². The summed E-state index contributed by atoms with van der Waals surface area (Å²) in [5.74, 6) is -0.587. The Morgan fingerprint density at radius 1 is 1.41 bits per heavy atom. The van der Waals surface area contributed by atoms with Gasteiger partial charge >= 0.3 is 5.97 Å². The lowest BCUT2D eigenvalue weighted by Gasteiger charge is -2.14. The zero-order valence-electron chi connectivity index (χ0n) is 16.2. The number of aromatic nitrogens is 4. The summed E-state index contributed by atoms with van der Waals surface area (Å²) in [5.41, 5.74) is 2.44. The standard InChI is InChI=1S/C18H18N6O3S2/c1-9-13(10(2)24-17(20-9)22-18(23-24)28-4)7-14(25)27-11(3)15(26)21-16-12(8-19)5-6-29-16/h5-6,11H,7H2,1-4H3,(H,21,26). The van der Waals surface area contributed by atoms with Crippen LogP contribution >= 0.6 is 23.1 Å². The van der Waals surface area contributed by atoms with E-state index in [2.05, 4.69) is 20.4 Å². The molecule has 3 aromatic heterocycles. The highest BCUT2D eigenvalue weighted by atomic mass is 32.2. The average Bonchev–Trinajstić information content (AvgIpc) is 3.31. The molecule has 0 saturated heterocycles. The molecule has 0 aliphatic rings. The number of hydrogen-bond acceptors (Lipinski definition) is 9. The average molecular weight is 431 g/mol. The van der Waals surface area contributed by atoms with Gasteiger partial charge in [-0.25, -0.2) is 9.50 Å². The summed E-state index contributed by atoms with van der Waals surface area (Å²) in [5, 5.41) is 18.7. The third-order valence-electron chi connectivity index (χ3n) is 4.23. The fraction of sp³-hybridized carbons (Fsp3) is 0.333. The van der Waals surface area contributed by atoms with Gasteiger partial charge in [-0.05, 0) is 38.5 Å². The Morgan fingerprint density at radius 3 is 2.86 bits per heavy atom. The minimum absolute atomic E-state index is 0.0465. The van der Waals surface area contributed by atoms with Crippen molar-refractivity contribution in [3.05, 3.63) is 34.0 Å². The number of thiophene rings is 1. The number of carbonyl (C=O) groups excluding carboxylic acids is 2. The van der Waals surface area contributed by atoms with E-state index < -0.39 is 18.0 Å². The quantitative estimate of drug-likeness (QED) is 0.467. The molecule has 1 atom stereocenters. The second-order valence-electron chi connectivity index (χ2n) is 6.14. The number of thioether (sulfide) groups is 1. The van der Waals surface area contributed by atoms with Crippen molar-refractivity contribution in [1.29, 1.82) is 5.26 Å². The van der Waals surface area contributed by atoms with Crippen molar-refractivity contribution in [2.24, 2.45) is 0 Å². The van der Waals surface area contributed by atoms with E-state index in [1.54, 1.807) is 22.9 Å². The van der Waals surface area contributed by atoms with Crippen LogP contribution in [0, 0.1) is 25.2 Å². The number of carbonyl (C=O) groups is 2. The van der Waals surface area contributed by atoms with Crippen LogP contribution < -0.4 is 5.32 Å². The van der Waals surface area contributed by atoms with Crippen LogP contribution in [0.5, 0.6) is 0 Å². The molecule has 0 fully saturated rings. The summed E-state index contributed by atoms with van der Waals surface area (Å²) in [6.07, 6.45) is 0.815. The van der Waals surface area contributed by atoms with E-state index in [0.717, 1.165) is 5.69 Å². The molecule has 11 heteroatoms. The number of hydrogen-bond donors (Lipinski definition) is 1. The molecule has 9 nitrogen and oxygen atoms in total. The molecule has 0 saturated carbocycles. The predicted octanol–water partition coefficient (Wildman–Crippen LogP) is 2.51. The largest absolute Gasteiger partial charge is 0.452 e. The summed E-state index contributed by atoms with van der Waals surface area (Å²) in [6.45, 7) is 5.11. The smallest absolute Gasteiger partial charge is 0.311 e. The maximum atomic E-state index is 12.4. The van der Waals surface area contributed by atoms with Crippen molar-refractivity contribution >= 4 is 45.8 Å². The second-order valence-corrected chi connectivity index (χ2v) is 7.83. The molecule has 1 N–H and O–H groups in total. The Hall–Kier alpha value is -2.97. The highest BCUT2D eigenvalue weighted by Crippen LogP contribution is 2.22. The summed E-state index contributed by atoms with van der Waals surface area (Å²) in [7, 11) is 0. The Bertz CT molecular complexity index is 1130. The Balaban J connectivity index is 1.70. The Morgan fingerprint density at radius 2 is 2.17 bits per heavy atom. The molecule has 150 valence electrons. The van der Waals surface area contributed by atoms with Gasteiger partial charge in [0.15, 0.2) is 6.10 Å². The van der Waals surface area contributed by atoms with E-state index in [0.29, 0.717) is 32.8 Å². The lowest BCUT2D eigenvalue weighted by molar-refractivity contribution is -0.152. The topological polar surface area (TPSA) is 122 Å². The molecule has 29 heavy (non-hydrogen) atoms. The van der Waals surface area contributed by atoms with Crippen LogP contribution in [0.1, 0.15) is 29.4 Å². The molecule has 0 spiro atoms. The molecule has 3 rings (SSSR count). The van der Waals surface area contributed by atoms with E-state index >= 15 is 0 Å². The van der Waals surface area contributed by atoms with Crippen molar-refractivity contribution in [3.8, 4) is 6.07 Å². The first-order valence-electron chi connectivity index (χ1n) is 8.58. The van der Waals surface area contributed by atoms with Gasteiger partial charge in [-0.3, -0.25) is 9.59 Å². The van der Waals surface area contributed by atoms with E-state index in [-0.39, 0.29) is 6.42 Å². The Kier molecular flexibility index (Phi) is 6.14. The maximum Gasteiger partial charge on any atom is 0.311 e. The molecular formula is C18H18N6O3S2. The summed E-state index contributed by atoms with van der Waals surface area (Å²) >= 11 is 2.64. The maximum absolute atomic E-state index is 12.4. The molecule has 1 amide bonds. The number of rotatable bonds is 6. The number of ether oxygens (including phenoxy) is 1.